The number of benzene rings is 2. The average Bonchev–Trinajstić information content (AvgIpc) is 3.38. The van der Waals surface area contributed by atoms with E-state index in [1.807, 2.05) is 60.8 Å². The molecule has 228 valence electrons. The summed E-state index contributed by atoms with van der Waals surface area (Å²) >= 11 is 0. The van der Waals surface area contributed by atoms with Crippen molar-refractivity contribution >= 4 is 34.8 Å². The number of carboxylic acid groups (broad SMARTS) is 1. The minimum Gasteiger partial charge on any atom is -0.478 e. The number of aromatic nitrogens is 1. The summed E-state index contributed by atoms with van der Waals surface area (Å²) in [5.74, 6) is -2.04. The molecule has 1 aromatic heterocycles. The summed E-state index contributed by atoms with van der Waals surface area (Å²) in [6.45, 7) is 3.78. The van der Waals surface area contributed by atoms with Crippen molar-refractivity contribution in [2.45, 2.75) is 70.1 Å². The van der Waals surface area contributed by atoms with Gasteiger partial charge in [-0.25, -0.2) is 9.59 Å². The van der Waals surface area contributed by atoms with Gasteiger partial charge in [0.25, 0.3) is 0 Å². The van der Waals surface area contributed by atoms with Crippen LogP contribution in [-0.4, -0.2) is 58.2 Å². The van der Waals surface area contributed by atoms with Crippen LogP contribution in [0, 0.1) is 5.92 Å². The van der Waals surface area contributed by atoms with Gasteiger partial charge >= 0.3 is 12.1 Å². The molecule has 0 spiro atoms. The molecule has 0 bridgehead atoms. The highest BCUT2D eigenvalue weighted by atomic mass is 16.6. The lowest BCUT2D eigenvalue weighted by Gasteiger charge is -2.34. The Balaban J connectivity index is 1.56. The van der Waals surface area contributed by atoms with Crippen molar-refractivity contribution in [1.29, 1.82) is 0 Å². The third-order valence-corrected chi connectivity index (χ3v) is 7.95. The quantitative estimate of drug-likeness (QED) is 0.200. The first-order valence-corrected chi connectivity index (χ1v) is 14.7. The molecule has 0 radical (unpaired) electrons. The van der Waals surface area contributed by atoms with E-state index in [4.69, 9.17) is 9.84 Å². The molecule has 5 N–H and O–H groups in total. The number of amides is 3. The van der Waals surface area contributed by atoms with Gasteiger partial charge in [-0.15, -0.1) is 0 Å². The maximum Gasteiger partial charge on any atom is 0.408 e. The van der Waals surface area contributed by atoms with Crippen molar-refractivity contribution in [2.75, 3.05) is 6.54 Å². The maximum atomic E-state index is 14.1. The average molecular weight is 589 g/mol. The van der Waals surface area contributed by atoms with Gasteiger partial charge in [0, 0.05) is 42.2 Å². The molecule has 10 heteroatoms. The monoisotopic (exact) mass is 588 g/mol. The molecule has 0 aliphatic heterocycles. The molecule has 43 heavy (non-hydrogen) atoms. The number of hydrogen-bond acceptors (Lipinski definition) is 5. The number of hydrogen-bond donors (Lipinski definition) is 5. The highest BCUT2D eigenvalue weighted by Crippen LogP contribution is 2.27. The van der Waals surface area contributed by atoms with E-state index in [0.717, 1.165) is 59.9 Å². The largest absolute Gasteiger partial charge is 0.478 e. The van der Waals surface area contributed by atoms with E-state index in [1.54, 1.807) is 6.92 Å². The molecule has 3 aromatic rings. The summed E-state index contributed by atoms with van der Waals surface area (Å²) < 4.78 is 5.83. The third kappa shape index (κ3) is 8.94. The first kappa shape index (κ1) is 31.3. The fraction of sp³-hybridized carbons (Fsp3) is 0.394. The first-order chi connectivity index (χ1) is 20.6. The van der Waals surface area contributed by atoms with Crippen molar-refractivity contribution in [3.05, 3.63) is 84.1 Å². The lowest BCUT2D eigenvalue weighted by molar-refractivity contribution is -0.131. The van der Waals surface area contributed by atoms with Crippen LogP contribution in [0.15, 0.2) is 72.9 Å². The number of carbonyl (C=O) groups is 4. The lowest BCUT2D eigenvalue weighted by atomic mass is 9.88. The van der Waals surface area contributed by atoms with Gasteiger partial charge in [-0.05, 0) is 55.7 Å². The summed E-state index contributed by atoms with van der Waals surface area (Å²) in [5.41, 5.74) is 1.30. The van der Waals surface area contributed by atoms with Crippen LogP contribution in [0.25, 0.3) is 10.9 Å². The second kappa shape index (κ2) is 14.5. The van der Waals surface area contributed by atoms with Crippen LogP contribution in [0.2, 0.25) is 0 Å². The number of carbonyl (C=O) groups excluding carboxylic acids is 3. The van der Waals surface area contributed by atoms with Gasteiger partial charge < -0.3 is 30.8 Å². The normalized spacial score (nSPS) is 18.8. The molecule has 1 unspecified atom stereocenters. The number of nitrogens with one attached hydrogen (secondary N) is 4. The highest BCUT2D eigenvalue weighted by Gasteiger charge is 2.38. The van der Waals surface area contributed by atoms with Gasteiger partial charge in [0.1, 0.15) is 11.6 Å². The van der Waals surface area contributed by atoms with Crippen molar-refractivity contribution in [2.24, 2.45) is 5.92 Å². The van der Waals surface area contributed by atoms with E-state index in [1.165, 1.54) is 0 Å². The van der Waals surface area contributed by atoms with Crippen LogP contribution < -0.4 is 16.0 Å². The molecule has 1 saturated carbocycles. The molecule has 2 aromatic carbocycles. The minimum atomic E-state index is -1.40. The summed E-state index contributed by atoms with van der Waals surface area (Å²) in [6.07, 6.45) is 7.09. The molecule has 4 atom stereocenters. The number of carboxylic acids is 1. The molecule has 0 saturated heterocycles. The summed E-state index contributed by atoms with van der Waals surface area (Å²) in [5, 5.41) is 18.3. The zero-order chi connectivity index (χ0) is 30.8. The Labute approximate surface area is 251 Å². The van der Waals surface area contributed by atoms with Gasteiger partial charge in [0.15, 0.2) is 0 Å². The number of rotatable bonds is 12. The Kier molecular flexibility index (Phi) is 10.6. The topological polar surface area (TPSA) is 150 Å². The molecule has 1 aliphatic carbocycles. The number of ether oxygens (including phenoxy) is 1. The van der Waals surface area contributed by atoms with Crippen molar-refractivity contribution in [3.8, 4) is 0 Å². The third-order valence-electron chi connectivity index (χ3n) is 7.95. The lowest BCUT2D eigenvalue weighted by Crippen LogP contribution is -2.61. The van der Waals surface area contributed by atoms with Crippen molar-refractivity contribution < 1.29 is 29.0 Å². The number of para-hydroxylation sites is 1. The fourth-order valence-electron chi connectivity index (χ4n) is 5.54. The molecule has 1 heterocycles. The van der Waals surface area contributed by atoms with Crippen LogP contribution in [0.3, 0.4) is 0 Å². The van der Waals surface area contributed by atoms with E-state index in [0.29, 0.717) is 6.42 Å². The van der Waals surface area contributed by atoms with Crippen LogP contribution in [0.5, 0.6) is 0 Å². The SMILES string of the molecule is C[C@H]1CCCCC1OC(=O)N[C@](C)(Cc1c[nH]c2ccccc12)C(=O)N[C@H](CNC(=O)/C=C/C(=O)O)Cc1ccccc1. The number of H-pyrrole nitrogens is 1. The Bertz CT molecular complexity index is 1450. The summed E-state index contributed by atoms with van der Waals surface area (Å²) in [4.78, 5) is 53.6. The van der Waals surface area contributed by atoms with E-state index in [2.05, 4.69) is 27.9 Å². The Hall–Kier alpha value is -4.60. The van der Waals surface area contributed by atoms with Crippen LogP contribution >= 0.6 is 0 Å². The highest BCUT2D eigenvalue weighted by molar-refractivity contribution is 5.94. The minimum absolute atomic E-state index is 0.0383. The fourth-order valence-corrected chi connectivity index (χ4v) is 5.54. The second-order valence-corrected chi connectivity index (χ2v) is 11.5. The summed E-state index contributed by atoms with van der Waals surface area (Å²) in [6, 6.07) is 16.7. The van der Waals surface area contributed by atoms with Crippen molar-refractivity contribution in [1.82, 2.24) is 20.9 Å². The zero-order valence-corrected chi connectivity index (χ0v) is 24.6. The molecular formula is C33H40N4O6. The Morgan fingerprint density at radius 3 is 2.51 bits per heavy atom. The standard InChI is InChI=1S/C33H40N4O6/c1-22-10-6-9-15-28(22)43-32(42)37-33(2,19-24-20-34-27-14-8-7-13-26(24)27)31(41)36-25(18-23-11-4-3-5-12-23)21-35-29(38)16-17-30(39)40/h3-5,7-8,11-14,16-17,20,22,25,28,34H,6,9-10,15,18-19,21H2,1-2H3,(H,35,38)(H,36,41)(H,37,42)(H,39,40)/b17-16+/t22-,25-,28?,33+/m0/s1. The van der Waals surface area contributed by atoms with E-state index < -0.39 is 35.5 Å². The smallest absolute Gasteiger partial charge is 0.408 e. The number of aromatic amines is 1. The van der Waals surface area contributed by atoms with Gasteiger partial charge in [0.05, 0.1) is 6.04 Å². The predicted molar refractivity (Wildman–Crippen MR) is 163 cm³/mol. The molecule has 1 fully saturated rings. The van der Waals surface area contributed by atoms with Gasteiger partial charge in [-0.1, -0.05) is 61.9 Å². The second-order valence-electron chi connectivity index (χ2n) is 11.5. The Morgan fingerprint density at radius 1 is 1.05 bits per heavy atom. The molecule has 1 aliphatic rings. The number of aliphatic carboxylic acids is 1. The number of alkyl carbamates (subject to hydrolysis) is 1. The van der Waals surface area contributed by atoms with Gasteiger partial charge in [0.2, 0.25) is 11.8 Å². The van der Waals surface area contributed by atoms with E-state index in [-0.39, 0.29) is 25.0 Å². The predicted octanol–water partition coefficient (Wildman–Crippen LogP) is 4.26. The van der Waals surface area contributed by atoms with Crippen molar-refractivity contribution in [3.63, 3.8) is 0 Å². The zero-order valence-electron chi connectivity index (χ0n) is 24.6. The first-order valence-electron chi connectivity index (χ1n) is 14.7. The molecular weight excluding hydrogens is 548 g/mol. The Morgan fingerprint density at radius 2 is 1.77 bits per heavy atom. The number of fused-ring (bicyclic) bond motifs is 1. The van der Waals surface area contributed by atoms with Crippen LogP contribution in [-0.2, 0) is 32.0 Å². The molecule has 4 rings (SSSR count). The molecule has 10 nitrogen and oxygen atoms in total. The van der Waals surface area contributed by atoms with Gasteiger partial charge in [-0.2, -0.15) is 0 Å². The molecule has 3 amide bonds. The van der Waals surface area contributed by atoms with Gasteiger partial charge in [-0.3, -0.25) is 9.59 Å². The van der Waals surface area contributed by atoms with E-state index in [9.17, 15) is 19.2 Å². The maximum absolute atomic E-state index is 14.1. The van der Waals surface area contributed by atoms with Crippen LogP contribution in [0.4, 0.5) is 4.79 Å². The van der Waals surface area contributed by atoms with E-state index >= 15 is 0 Å². The van der Waals surface area contributed by atoms with Crippen LogP contribution in [0.1, 0.15) is 50.7 Å². The summed E-state index contributed by atoms with van der Waals surface area (Å²) in [7, 11) is 0.